The first-order valence-corrected chi connectivity index (χ1v) is 12.2. The lowest BCUT2D eigenvalue weighted by Crippen LogP contribution is -2.28. The first-order chi connectivity index (χ1) is 16.2. The lowest BCUT2D eigenvalue weighted by Gasteiger charge is -2.26. The Hall–Kier alpha value is -3.07. The molecule has 0 unspecified atom stereocenters. The van der Waals surface area contributed by atoms with Crippen LogP contribution in [0, 0.1) is 0 Å². The quantitative estimate of drug-likeness (QED) is 0.311. The largest absolute Gasteiger partial charge is 0.393 e. The number of fused-ring (bicyclic) bond motifs is 1. The second-order valence-electron chi connectivity index (χ2n) is 8.50. The van der Waals surface area contributed by atoms with Crippen LogP contribution >= 0.6 is 11.3 Å². The average Bonchev–Trinajstić information content (AvgIpc) is 3.23. The molecule has 3 heterocycles. The molecule has 0 aliphatic heterocycles. The first-order valence-electron chi connectivity index (χ1n) is 11.3. The minimum Gasteiger partial charge on any atom is -0.393 e. The number of anilines is 3. The van der Waals surface area contributed by atoms with Gasteiger partial charge in [-0.2, -0.15) is 0 Å². The summed E-state index contributed by atoms with van der Waals surface area (Å²) in [4.78, 5) is 13.8. The van der Waals surface area contributed by atoms with Crippen LogP contribution in [-0.2, 0) is 6.54 Å². The van der Waals surface area contributed by atoms with Crippen molar-refractivity contribution < 1.29 is 5.11 Å². The maximum atomic E-state index is 9.71. The summed E-state index contributed by atoms with van der Waals surface area (Å²) in [6.07, 6.45) is 7.26. The normalized spacial score (nSPS) is 18.4. The van der Waals surface area contributed by atoms with Crippen molar-refractivity contribution in [3.63, 3.8) is 0 Å². The molecule has 7 nitrogen and oxygen atoms in total. The Morgan fingerprint density at radius 3 is 2.67 bits per heavy atom. The van der Waals surface area contributed by atoms with Crippen LogP contribution in [0.3, 0.4) is 0 Å². The van der Waals surface area contributed by atoms with E-state index in [0.29, 0.717) is 6.04 Å². The molecule has 170 valence electrons. The van der Waals surface area contributed by atoms with Gasteiger partial charge < -0.3 is 21.1 Å². The second-order valence-corrected chi connectivity index (χ2v) is 9.53. The van der Waals surface area contributed by atoms with Gasteiger partial charge in [0, 0.05) is 30.5 Å². The van der Waals surface area contributed by atoms with Gasteiger partial charge in [-0.25, -0.2) is 9.97 Å². The van der Waals surface area contributed by atoms with Crippen molar-refractivity contribution in [2.45, 2.75) is 44.4 Å². The number of aliphatic hydroxyl groups is 1. The van der Waals surface area contributed by atoms with E-state index >= 15 is 0 Å². The maximum absolute atomic E-state index is 9.71. The Balaban J connectivity index is 1.31. The summed E-state index contributed by atoms with van der Waals surface area (Å²) < 4.78 is 1.11. The van der Waals surface area contributed by atoms with Gasteiger partial charge in [-0.1, -0.05) is 23.5 Å². The van der Waals surface area contributed by atoms with Crippen LogP contribution in [0.4, 0.5) is 16.8 Å². The van der Waals surface area contributed by atoms with Crippen LogP contribution in [0.25, 0.3) is 21.3 Å². The van der Waals surface area contributed by atoms with Crippen LogP contribution in [0.2, 0.25) is 0 Å². The first kappa shape index (κ1) is 21.8. The third-order valence-electron chi connectivity index (χ3n) is 5.93. The van der Waals surface area contributed by atoms with E-state index < -0.39 is 0 Å². The predicted octanol–water partition coefficient (Wildman–Crippen LogP) is 4.93. The highest BCUT2D eigenvalue weighted by molar-refractivity contribution is 7.22. The zero-order valence-electron chi connectivity index (χ0n) is 18.6. The summed E-state index contributed by atoms with van der Waals surface area (Å²) in [5.74, 6) is 1.61. The molecule has 33 heavy (non-hydrogen) atoms. The molecule has 0 amide bonds. The van der Waals surface area contributed by atoms with E-state index in [1.54, 1.807) is 11.3 Å². The van der Waals surface area contributed by atoms with E-state index in [2.05, 4.69) is 45.2 Å². The topological polar surface area (TPSA) is 95.0 Å². The van der Waals surface area contributed by atoms with E-state index in [-0.39, 0.29) is 6.10 Å². The molecule has 1 fully saturated rings. The standard InChI is InChI=1S/C25H28N6OS/c1-26-13-16-11-18(15-27-14-16)17-5-10-21-22(12-17)33-25(29-21)31-24-4-2-3-23(30-24)28-19-6-8-20(32)9-7-19/h2-5,10-12,14-15,19-20,26,32H,6-9,13H2,1H3,(H2,28,29,30,31). The molecule has 5 rings (SSSR count). The van der Waals surface area contributed by atoms with E-state index in [4.69, 9.17) is 9.97 Å². The average molecular weight is 461 g/mol. The van der Waals surface area contributed by atoms with Crippen molar-refractivity contribution in [3.8, 4) is 11.1 Å². The molecule has 4 aromatic rings. The fraction of sp³-hybridized carbons (Fsp3) is 0.320. The third-order valence-corrected chi connectivity index (χ3v) is 6.86. The van der Waals surface area contributed by atoms with Crippen molar-refractivity contribution >= 4 is 38.3 Å². The van der Waals surface area contributed by atoms with Crippen molar-refractivity contribution in [1.82, 2.24) is 20.3 Å². The molecule has 0 spiro atoms. The zero-order chi connectivity index (χ0) is 22.6. The number of aromatic nitrogens is 3. The third kappa shape index (κ3) is 5.30. The van der Waals surface area contributed by atoms with Gasteiger partial charge in [-0.15, -0.1) is 0 Å². The lowest BCUT2D eigenvalue weighted by atomic mass is 9.93. The smallest absolute Gasteiger partial charge is 0.189 e. The minimum absolute atomic E-state index is 0.155. The Morgan fingerprint density at radius 2 is 1.82 bits per heavy atom. The van der Waals surface area contributed by atoms with Crippen LogP contribution < -0.4 is 16.0 Å². The molecular formula is C25H28N6OS. The number of thiazole rings is 1. The Kier molecular flexibility index (Phi) is 6.48. The summed E-state index contributed by atoms with van der Waals surface area (Å²) in [5, 5.41) is 20.6. The van der Waals surface area contributed by atoms with Gasteiger partial charge in [-0.3, -0.25) is 4.98 Å². The molecule has 1 aliphatic carbocycles. The highest BCUT2D eigenvalue weighted by atomic mass is 32.1. The number of pyridine rings is 2. The molecular weight excluding hydrogens is 432 g/mol. The van der Waals surface area contributed by atoms with E-state index in [9.17, 15) is 5.11 Å². The van der Waals surface area contributed by atoms with Crippen LogP contribution in [0.1, 0.15) is 31.2 Å². The summed E-state index contributed by atoms with van der Waals surface area (Å²) in [7, 11) is 1.94. The number of benzene rings is 1. The van der Waals surface area contributed by atoms with Crippen LogP contribution in [0.5, 0.6) is 0 Å². The lowest BCUT2D eigenvalue weighted by molar-refractivity contribution is 0.126. The predicted molar refractivity (Wildman–Crippen MR) is 135 cm³/mol. The molecule has 1 aromatic carbocycles. The minimum atomic E-state index is -0.155. The van der Waals surface area contributed by atoms with E-state index in [1.165, 1.54) is 0 Å². The van der Waals surface area contributed by atoms with Gasteiger partial charge >= 0.3 is 0 Å². The summed E-state index contributed by atoms with van der Waals surface area (Å²) in [6, 6.07) is 14.8. The summed E-state index contributed by atoms with van der Waals surface area (Å²) in [5.41, 5.74) is 4.35. The Morgan fingerprint density at radius 1 is 0.970 bits per heavy atom. The van der Waals surface area contributed by atoms with Crippen LogP contribution in [0.15, 0.2) is 54.9 Å². The van der Waals surface area contributed by atoms with Gasteiger partial charge in [0.1, 0.15) is 11.6 Å². The number of nitrogens with one attached hydrogen (secondary N) is 3. The van der Waals surface area contributed by atoms with Crippen LogP contribution in [-0.4, -0.2) is 39.3 Å². The van der Waals surface area contributed by atoms with Crippen molar-refractivity contribution in [3.05, 3.63) is 60.4 Å². The molecule has 3 aromatic heterocycles. The number of hydrogen-bond donors (Lipinski definition) is 4. The van der Waals surface area contributed by atoms with Gasteiger partial charge in [0.05, 0.1) is 16.3 Å². The molecule has 1 saturated carbocycles. The molecule has 1 aliphatic rings. The van der Waals surface area contributed by atoms with E-state index in [0.717, 1.165) is 75.9 Å². The Bertz CT molecular complexity index is 1230. The molecule has 4 N–H and O–H groups in total. The summed E-state index contributed by atoms with van der Waals surface area (Å²) in [6.45, 7) is 0.793. The Labute approximate surface area is 197 Å². The SMILES string of the molecule is CNCc1cncc(-c2ccc3nc(Nc4cccc(NC5CCC(O)CC5)n4)sc3c2)c1. The molecule has 0 radical (unpaired) electrons. The highest BCUT2D eigenvalue weighted by Crippen LogP contribution is 2.32. The monoisotopic (exact) mass is 460 g/mol. The van der Waals surface area contributed by atoms with Gasteiger partial charge in [-0.05, 0) is 74.2 Å². The maximum Gasteiger partial charge on any atom is 0.189 e. The number of nitrogens with zero attached hydrogens (tertiary/aromatic N) is 3. The molecule has 0 atom stereocenters. The van der Waals surface area contributed by atoms with E-state index in [1.807, 2.05) is 37.6 Å². The number of hydrogen-bond acceptors (Lipinski definition) is 8. The summed E-state index contributed by atoms with van der Waals surface area (Å²) >= 11 is 1.61. The highest BCUT2D eigenvalue weighted by Gasteiger charge is 2.19. The fourth-order valence-corrected chi connectivity index (χ4v) is 5.14. The zero-order valence-corrected chi connectivity index (χ0v) is 19.4. The molecule has 8 heteroatoms. The number of rotatable bonds is 7. The second kappa shape index (κ2) is 9.82. The van der Waals surface area contributed by atoms with Gasteiger partial charge in [0.2, 0.25) is 0 Å². The number of aliphatic hydroxyl groups excluding tert-OH is 1. The van der Waals surface area contributed by atoms with Gasteiger partial charge in [0.15, 0.2) is 5.13 Å². The van der Waals surface area contributed by atoms with Crippen molar-refractivity contribution in [2.75, 3.05) is 17.7 Å². The van der Waals surface area contributed by atoms with Crippen molar-refractivity contribution in [1.29, 1.82) is 0 Å². The fourth-order valence-electron chi connectivity index (χ4n) is 4.23. The molecule has 0 bridgehead atoms. The molecule has 0 saturated heterocycles. The van der Waals surface area contributed by atoms with Crippen molar-refractivity contribution in [2.24, 2.45) is 0 Å². The van der Waals surface area contributed by atoms with Gasteiger partial charge in [0.25, 0.3) is 0 Å².